The van der Waals surface area contributed by atoms with Crippen LogP contribution in [0.3, 0.4) is 0 Å². The van der Waals surface area contributed by atoms with Gasteiger partial charge in [0.15, 0.2) is 5.01 Å². The first-order valence-corrected chi connectivity index (χ1v) is 5.03. The van der Waals surface area contributed by atoms with E-state index in [0.29, 0.717) is 11.1 Å². The van der Waals surface area contributed by atoms with Crippen LogP contribution in [-0.4, -0.2) is 15.1 Å². The maximum atomic E-state index is 13.2. The van der Waals surface area contributed by atoms with Crippen molar-refractivity contribution in [1.29, 1.82) is 0 Å². The Labute approximate surface area is 89.8 Å². The number of rotatable bonds is 2. The minimum atomic E-state index is -0.384. The molecule has 76 valence electrons. The van der Waals surface area contributed by atoms with E-state index in [-0.39, 0.29) is 16.6 Å². The summed E-state index contributed by atoms with van der Waals surface area (Å²) in [5.41, 5.74) is 0.818. The first-order chi connectivity index (χ1) is 7.18. The SMILES string of the molecule is Cc1ccc(C(=O)c2ncns2)cc1F. The molecule has 5 heteroatoms. The number of hydrogen-bond acceptors (Lipinski definition) is 4. The van der Waals surface area contributed by atoms with E-state index in [1.54, 1.807) is 19.1 Å². The fourth-order valence-electron chi connectivity index (χ4n) is 1.13. The Kier molecular flexibility index (Phi) is 2.55. The average Bonchev–Trinajstić information content (AvgIpc) is 2.74. The smallest absolute Gasteiger partial charge is 0.223 e. The molecule has 0 radical (unpaired) electrons. The molecule has 0 unspecified atom stereocenters. The van der Waals surface area contributed by atoms with Gasteiger partial charge >= 0.3 is 0 Å². The molecule has 1 aromatic heterocycles. The summed E-state index contributed by atoms with van der Waals surface area (Å²) in [6, 6.07) is 4.38. The van der Waals surface area contributed by atoms with E-state index in [9.17, 15) is 9.18 Å². The van der Waals surface area contributed by atoms with E-state index in [0.717, 1.165) is 11.5 Å². The van der Waals surface area contributed by atoms with E-state index < -0.39 is 0 Å². The maximum absolute atomic E-state index is 13.2. The molecule has 0 atom stereocenters. The highest BCUT2D eigenvalue weighted by Crippen LogP contribution is 2.14. The molecule has 1 aromatic carbocycles. The van der Waals surface area contributed by atoms with Crippen LogP contribution in [0.2, 0.25) is 0 Å². The number of nitrogens with zero attached hydrogens (tertiary/aromatic N) is 2. The summed E-state index contributed by atoms with van der Waals surface area (Å²) in [5.74, 6) is -0.679. The molecule has 15 heavy (non-hydrogen) atoms. The molecule has 2 rings (SSSR count). The molecule has 0 spiro atoms. The van der Waals surface area contributed by atoms with E-state index >= 15 is 0 Å². The summed E-state index contributed by atoms with van der Waals surface area (Å²) in [6.45, 7) is 1.65. The highest BCUT2D eigenvalue weighted by atomic mass is 32.1. The number of ketones is 1. The minimum Gasteiger partial charge on any atom is -0.286 e. The standard InChI is InChI=1S/C10H7FN2OS/c1-6-2-3-7(4-8(6)11)9(14)10-12-5-13-15-10/h2-5H,1H3. The largest absolute Gasteiger partial charge is 0.286 e. The predicted molar refractivity (Wildman–Crippen MR) is 54.5 cm³/mol. The van der Waals surface area contributed by atoms with Crippen LogP contribution in [0.5, 0.6) is 0 Å². The lowest BCUT2D eigenvalue weighted by atomic mass is 10.1. The zero-order chi connectivity index (χ0) is 10.8. The van der Waals surface area contributed by atoms with Gasteiger partial charge in [0.05, 0.1) is 0 Å². The van der Waals surface area contributed by atoms with E-state index in [4.69, 9.17) is 0 Å². The lowest BCUT2D eigenvalue weighted by Crippen LogP contribution is -2.01. The maximum Gasteiger partial charge on any atom is 0.223 e. The van der Waals surface area contributed by atoms with Crippen LogP contribution in [0.4, 0.5) is 4.39 Å². The topological polar surface area (TPSA) is 42.9 Å². The van der Waals surface area contributed by atoms with E-state index in [1.807, 2.05) is 0 Å². The normalized spacial score (nSPS) is 10.3. The van der Waals surface area contributed by atoms with E-state index in [1.165, 1.54) is 12.4 Å². The number of hydrogen-bond donors (Lipinski definition) is 0. The molecule has 0 saturated heterocycles. The lowest BCUT2D eigenvalue weighted by Gasteiger charge is -1.99. The van der Waals surface area contributed by atoms with Crippen molar-refractivity contribution in [1.82, 2.24) is 9.36 Å². The third kappa shape index (κ3) is 1.92. The quantitative estimate of drug-likeness (QED) is 0.732. The molecule has 0 saturated carbocycles. The van der Waals surface area contributed by atoms with Gasteiger partial charge in [0.1, 0.15) is 12.1 Å². The van der Waals surface area contributed by atoms with Gasteiger partial charge in [0.2, 0.25) is 5.78 Å². The minimum absolute atomic E-state index is 0.276. The molecule has 1 heterocycles. The molecule has 0 bridgehead atoms. The third-order valence-electron chi connectivity index (χ3n) is 1.99. The fraction of sp³-hybridized carbons (Fsp3) is 0.100. The van der Waals surface area contributed by atoms with Crippen LogP contribution in [0, 0.1) is 12.7 Å². The Bertz CT molecular complexity index is 496. The van der Waals surface area contributed by atoms with Gasteiger partial charge in [-0.25, -0.2) is 9.37 Å². The van der Waals surface area contributed by atoms with Crippen LogP contribution < -0.4 is 0 Å². The number of aromatic nitrogens is 2. The summed E-state index contributed by atoms with van der Waals surface area (Å²) >= 11 is 1.00. The van der Waals surface area contributed by atoms with Crippen LogP contribution in [-0.2, 0) is 0 Å². The third-order valence-corrected chi connectivity index (χ3v) is 2.65. The molecule has 0 N–H and O–H groups in total. The number of carbonyl (C=O) groups is 1. The molecule has 2 aromatic rings. The molecule has 0 aliphatic carbocycles. The molecule has 0 amide bonds. The van der Waals surface area contributed by atoms with Crippen molar-refractivity contribution >= 4 is 17.3 Å². The Morgan fingerprint density at radius 3 is 2.87 bits per heavy atom. The summed E-state index contributed by atoms with van der Waals surface area (Å²) < 4.78 is 16.9. The van der Waals surface area contributed by atoms with Gasteiger partial charge < -0.3 is 0 Å². The molecular formula is C10H7FN2OS. The van der Waals surface area contributed by atoms with Gasteiger partial charge in [0.25, 0.3) is 0 Å². The number of halogens is 1. The van der Waals surface area contributed by atoms with Crippen LogP contribution in [0.1, 0.15) is 20.9 Å². The fourth-order valence-corrected chi connectivity index (χ4v) is 1.62. The zero-order valence-corrected chi connectivity index (χ0v) is 8.71. The van der Waals surface area contributed by atoms with Gasteiger partial charge in [-0.3, -0.25) is 4.79 Å². The monoisotopic (exact) mass is 222 g/mol. The summed E-state index contributed by atoms with van der Waals surface area (Å²) in [6.07, 6.45) is 1.31. The van der Waals surface area contributed by atoms with Gasteiger partial charge in [-0.1, -0.05) is 12.1 Å². The summed E-state index contributed by atoms with van der Waals surface area (Å²) in [5, 5.41) is 0.276. The lowest BCUT2D eigenvalue weighted by molar-refractivity contribution is 0.103. The van der Waals surface area contributed by atoms with Crippen LogP contribution in [0.25, 0.3) is 0 Å². The second-order valence-corrected chi connectivity index (χ2v) is 3.82. The second kappa shape index (κ2) is 3.86. The molecule has 0 fully saturated rings. The predicted octanol–water partition coefficient (Wildman–Crippen LogP) is 2.22. The van der Waals surface area contributed by atoms with Crippen molar-refractivity contribution in [2.24, 2.45) is 0 Å². The van der Waals surface area contributed by atoms with Crippen molar-refractivity contribution < 1.29 is 9.18 Å². The molecule has 0 aliphatic rings. The van der Waals surface area contributed by atoms with Gasteiger partial charge in [-0.05, 0) is 30.1 Å². The summed E-state index contributed by atoms with van der Waals surface area (Å²) in [4.78, 5) is 15.5. The van der Waals surface area contributed by atoms with E-state index in [2.05, 4.69) is 9.36 Å². The molecule has 0 aliphatic heterocycles. The highest BCUT2D eigenvalue weighted by Gasteiger charge is 2.13. The van der Waals surface area contributed by atoms with Crippen molar-refractivity contribution in [2.75, 3.05) is 0 Å². The number of carbonyl (C=O) groups excluding carboxylic acids is 1. The Hall–Kier alpha value is -1.62. The first kappa shape index (κ1) is 9.92. The van der Waals surface area contributed by atoms with Gasteiger partial charge in [-0.2, -0.15) is 4.37 Å². The van der Waals surface area contributed by atoms with Gasteiger partial charge in [-0.15, -0.1) is 0 Å². The Balaban J connectivity index is 2.39. The van der Waals surface area contributed by atoms with Crippen molar-refractivity contribution in [3.8, 4) is 0 Å². The Morgan fingerprint density at radius 2 is 2.27 bits per heavy atom. The van der Waals surface area contributed by atoms with Crippen molar-refractivity contribution in [3.05, 3.63) is 46.5 Å². The molecule has 3 nitrogen and oxygen atoms in total. The second-order valence-electron chi connectivity index (χ2n) is 3.04. The summed E-state index contributed by atoms with van der Waals surface area (Å²) in [7, 11) is 0. The highest BCUT2D eigenvalue weighted by molar-refractivity contribution is 7.07. The number of benzene rings is 1. The molecular weight excluding hydrogens is 215 g/mol. The number of aryl methyl sites for hydroxylation is 1. The van der Waals surface area contributed by atoms with Crippen LogP contribution >= 0.6 is 11.5 Å². The van der Waals surface area contributed by atoms with Crippen molar-refractivity contribution in [3.63, 3.8) is 0 Å². The average molecular weight is 222 g/mol. The van der Waals surface area contributed by atoms with Crippen molar-refractivity contribution in [2.45, 2.75) is 6.92 Å². The zero-order valence-electron chi connectivity index (χ0n) is 7.90. The Morgan fingerprint density at radius 1 is 1.47 bits per heavy atom. The van der Waals surface area contributed by atoms with Crippen LogP contribution in [0.15, 0.2) is 24.5 Å². The first-order valence-electron chi connectivity index (χ1n) is 4.26. The van der Waals surface area contributed by atoms with Gasteiger partial charge in [0, 0.05) is 5.56 Å².